The van der Waals surface area contributed by atoms with Crippen molar-refractivity contribution in [3.8, 4) is 0 Å². The summed E-state index contributed by atoms with van der Waals surface area (Å²) < 4.78 is 5.06. The van der Waals surface area contributed by atoms with Crippen LogP contribution in [0.2, 0.25) is 0 Å². The van der Waals surface area contributed by atoms with Crippen molar-refractivity contribution in [1.82, 2.24) is 10.6 Å². The van der Waals surface area contributed by atoms with Crippen LogP contribution in [0, 0.1) is 17.8 Å². The van der Waals surface area contributed by atoms with Crippen molar-refractivity contribution in [3.63, 3.8) is 0 Å². The van der Waals surface area contributed by atoms with Gasteiger partial charge in [-0.25, -0.2) is 4.79 Å². The van der Waals surface area contributed by atoms with Crippen molar-refractivity contribution < 1.29 is 19.4 Å². The van der Waals surface area contributed by atoms with Crippen LogP contribution in [-0.4, -0.2) is 42.9 Å². The third kappa shape index (κ3) is 3.09. The van der Waals surface area contributed by atoms with Crippen LogP contribution in [-0.2, 0) is 9.53 Å². The number of carboxylic acid groups (broad SMARTS) is 1. The van der Waals surface area contributed by atoms with Gasteiger partial charge in [0, 0.05) is 6.54 Å². The van der Waals surface area contributed by atoms with Crippen LogP contribution in [0.1, 0.15) is 13.3 Å². The molecule has 1 saturated heterocycles. The quantitative estimate of drug-likeness (QED) is 0.649. The number of rotatable bonds is 4. The van der Waals surface area contributed by atoms with Gasteiger partial charge in [0.1, 0.15) is 5.92 Å². The van der Waals surface area contributed by atoms with Gasteiger partial charge >= 0.3 is 12.0 Å². The molecule has 6 nitrogen and oxygen atoms in total. The topological polar surface area (TPSA) is 87.7 Å². The van der Waals surface area contributed by atoms with Crippen LogP contribution in [0.15, 0.2) is 0 Å². The van der Waals surface area contributed by atoms with E-state index in [2.05, 4.69) is 17.6 Å². The van der Waals surface area contributed by atoms with Crippen LogP contribution in [0.25, 0.3) is 0 Å². The van der Waals surface area contributed by atoms with E-state index in [-0.39, 0.29) is 19.2 Å². The lowest BCUT2D eigenvalue weighted by molar-refractivity contribution is -0.142. The highest BCUT2D eigenvalue weighted by Crippen LogP contribution is 2.36. The summed E-state index contributed by atoms with van der Waals surface area (Å²) in [6, 6.07) is -0.727. The molecule has 3 N–H and O–H groups in total. The SMILES string of the molecule is CC1CC1CNC(=O)NC1COCC1C(=O)O. The molecular weight excluding hydrogens is 224 g/mol. The zero-order valence-corrected chi connectivity index (χ0v) is 9.81. The van der Waals surface area contributed by atoms with E-state index < -0.39 is 17.9 Å². The smallest absolute Gasteiger partial charge is 0.315 e. The average Bonchev–Trinajstić information content (AvgIpc) is 2.76. The highest BCUT2D eigenvalue weighted by Gasteiger charge is 2.36. The Morgan fingerprint density at radius 1 is 1.41 bits per heavy atom. The predicted octanol–water partition coefficient (Wildman–Crippen LogP) is 0.0412. The number of aliphatic carboxylic acids is 1. The molecule has 96 valence electrons. The van der Waals surface area contributed by atoms with Gasteiger partial charge in [0.25, 0.3) is 0 Å². The molecule has 0 radical (unpaired) electrons. The van der Waals surface area contributed by atoms with Crippen molar-refractivity contribution >= 4 is 12.0 Å². The summed E-state index contributed by atoms with van der Waals surface area (Å²) in [4.78, 5) is 22.4. The van der Waals surface area contributed by atoms with E-state index in [1.807, 2.05) is 0 Å². The van der Waals surface area contributed by atoms with E-state index in [0.717, 1.165) is 6.42 Å². The lowest BCUT2D eigenvalue weighted by Gasteiger charge is -2.16. The second-order valence-electron chi connectivity index (χ2n) is 4.92. The molecule has 1 saturated carbocycles. The number of carbonyl (C=O) groups is 2. The maximum Gasteiger partial charge on any atom is 0.315 e. The number of ether oxygens (including phenoxy) is 1. The maximum absolute atomic E-state index is 11.5. The summed E-state index contributed by atoms with van der Waals surface area (Å²) in [5.74, 6) is -0.294. The molecule has 1 aliphatic carbocycles. The van der Waals surface area contributed by atoms with E-state index in [1.54, 1.807) is 0 Å². The Kier molecular flexibility index (Phi) is 3.51. The summed E-state index contributed by atoms with van der Waals surface area (Å²) in [7, 11) is 0. The molecule has 0 bridgehead atoms. The lowest BCUT2D eigenvalue weighted by Crippen LogP contribution is -2.47. The highest BCUT2D eigenvalue weighted by molar-refractivity contribution is 5.77. The third-order valence-corrected chi connectivity index (χ3v) is 3.52. The number of amides is 2. The number of hydrogen-bond donors (Lipinski definition) is 3. The normalized spacial score (nSPS) is 35.4. The molecule has 1 heterocycles. The molecule has 4 atom stereocenters. The Labute approximate surface area is 99.7 Å². The molecule has 2 fully saturated rings. The zero-order valence-electron chi connectivity index (χ0n) is 9.81. The van der Waals surface area contributed by atoms with Gasteiger partial charge < -0.3 is 20.5 Å². The molecule has 6 heteroatoms. The van der Waals surface area contributed by atoms with Gasteiger partial charge in [-0.15, -0.1) is 0 Å². The van der Waals surface area contributed by atoms with Crippen molar-refractivity contribution in [2.75, 3.05) is 19.8 Å². The monoisotopic (exact) mass is 242 g/mol. The van der Waals surface area contributed by atoms with E-state index >= 15 is 0 Å². The lowest BCUT2D eigenvalue weighted by atomic mass is 10.0. The summed E-state index contributed by atoms with van der Waals surface area (Å²) >= 11 is 0. The van der Waals surface area contributed by atoms with Crippen LogP contribution >= 0.6 is 0 Å². The fourth-order valence-corrected chi connectivity index (χ4v) is 2.07. The first kappa shape index (κ1) is 12.2. The van der Waals surface area contributed by atoms with E-state index in [1.165, 1.54) is 0 Å². The van der Waals surface area contributed by atoms with Crippen LogP contribution < -0.4 is 10.6 Å². The second kappa shape index (κ2) is 4.91. The first-order valence-corrected chi connectivity index (χ1v) is 5.93. The Morgan fingerprint density at radius 2 is 2.12 bits per heavy atom. The summed E-state index contributed by atoms with van der Waals surface area (Å²) in [6.07, 6.45) is 1.16. The molecule has 0 aromatic carbocycles. The number of urea groups is 1. The standard InChI is InChI=1S/C11H18N2O4/c1-6-2-7(6)3-12-11(16)13-9-5-17-4-8(9)10(14)15/h6-9H,2-5H2,1H3,(H,14,15)(H2,12,13,16). The van der Waals surface area contributed by atoms with Crippen LogP contribution in [0.4, 0.5) is 4.79 Å². The van der Waals surface area contributed by atoms with Gasteiger partial charge in [0.05, 0.1) is 19.3 Å². The van der Waals surface area contributed by atoms with Gasteiger partial charge in [-0.2, -0.15) is 0 Å². The number of carbonyl (C=O) groups excluding carboxylic acids is 1. The second-order valence-corrected chi connectivity index (χ2v) is 4.92. The predicted molar refractivity (Wildman–Crippen MR) is 59.5 cm³/mol. The molecule has 2 rings (SSSR count). The van der Waals surface area contributed by atoms with E-state index in [9.17, 15) is 9.59 Å². The number of carboxylic acids is 1. The number of hydrogen-bond acceptors (Lipinski definition) is 3. The van der Waals surface area contributed by atoms with Crippen LogP contribution in [0.3, 0.4) is 0 Å². The molecule has 2 aliphatic rings. The Hall–Kier alpha value is -1.30. The Morgan fingerprint density at radius 3 is 2.71 bits per heavy atom. The minimum Gasteiger partial charge on any atom is -0.481 e. The van der Waals surface area contributed by atoms with Crippen molar-refractivity contribution in [2.45, 2.75) is 19.4 Å². The molecule has 0 spiro atoms. The van der Waals surface area contributed by atoms with Crippen molar-refractivity contribution in [1.29, 1.82) is 0 Å². The van der Waals surface area contributed by atoms with Crippen molar-refractivity contribution in [3.05, 3.63) is 0 Å². The highest BCUT2D eigenvalue weighted by atomic mass is 16.5. The first-order valence-electron chi connectivity index (χ1n) is 5.93. The van der Waals surface area contributed by atoms with Gasteiger partial charge in [-0.1, -0.05) is 6.92 Å². The van der Waals surface area contributed by atoms with Gasteiger partial charge in [0.2, 0.25) is 0 Å². The summed E-state index contributed by atoms with van der Waals surface area (Å²) in [6.45, 7) is 3.25. The molecule has 0 aromatic rings. The minimum atomic E-state index is -0.927. The molecule has 0 aromatic heterocycles. The van der Waals surface area contributed by atoms with Gasteiger partial charge in [0.15, 0.2) is 0 Å². The van der Waals surface area contributed by atoms with Gasteiger partial charge in [-0.3, -0.25) is 4.79 Å². The third-order valence-electron chi connectivity index (χ3n) is 3.52. The molecule has 17 heavy (non-hydrogen) atoms. The molecule has 2 amide bonds. The van der Waals surface area contributed by atoms with Crippen molar-refractivity contribution in [2.24, 2.45) is 17.8 Å². The zero-order chi connectivity index (χ0) is 12.4. The molecule has 4 unspecified atom stereocenters. The Balaban J connectivity index is 1.72. The van der Waals surface area contributed by atoms with E-state index in [4.69, 9.17) is 9.84 Å². The maximum atomic E-state index is 11.5. The molecular formula is C11H18N2O4. The fraction of sp³-hybridized carbons (Fsp3) is 0.818. The summed E-state index contributed by atoms with van der Waals surface area (Å²) in [5.41, 5.74) is 0. The van der Waals surface area contributed by atoms with Gasteiger partial charge in [-0.05, 0) is 18.3 Å². The first-order chi connectivity index (χ1) is 8.08. The number of nitrogens with one attached hydrogen (secondary N) is 2. The molecule has 1 aliphatic heterocycles. The minimum absolute atomic E-state index is 0.167. The van der Waals surface area contributed by atoms with Crippen LogP contribution in [0.5, 0.6) is 0 Å². The fourth-order valence-electron chi connectivity index (χ4n) is 2.07. The Bertz CT molecular complexity index is 321. The van der Waals surface area contributed by atoms with E-state index in [0.29, 0.717) is 18.4 Å². The average molecular weight is 242 g/mol. The summed E-state index contributed by atoms with van der Waals surface area (Å²) in [5, 5.41) is 14.3. The largest absolute Gasteiger partial charge is 0.481 e.